The van der Waals surface area contributed by atoms with Crippen molar-refractivity contribution in [3.8, 4) is 0 Å². The van der Waals surface area contributed by atoms with Gasteiger partial charge in [0.2, 0.25) is 0 Å². The van der Waals surface area contributed by atoms with Gasteiger partial charge in [-0.05, 0) is 17.7 Å². The van der Waals surface area contributed by atoms with E-state index in [1.54, 1.807) is 0 Å². The molecule has 0 spiro atoms. The first kappa shape index (κ1) is 15.7. The molecule has 2 N–H and O–H groups in total. The summed E-state index contributed by atoms with van der Waals surface area (Å²) in [6, 6.07) is 0.652. The van der Waals surface area contributed by atoms with E-state index in [4.69, 9.17) is 0 Å². The lowest BCUT2D eigenvalue weighted by atomic mass is 9.97. The highest BCUT2D eigenvalue weighted by atomic mass is 19.4. The monoisotopic (exact) mass is 306 g/mol. The van der Waals surface area contributed by atoms with Gasteiger partial charge in [0.1, 0.15) is 11.9 Å². The van der Waals surface area contributed by atoms with Crippen LogP contribution in [0.25, 0.3) is 0 Å². The molecule has 1 fully saturated rings. The molecular weight excluding hydrogens is 292 g/mol. The van der Waals surface area contributed by atoms with E-state index in [0.29, 0.717) is 32.2 Å². The molecule has 4 nitrogen and oxygen atoms in total. The number of hydrogen-bond donors (Lipinski definition) is 2. The summed E-state index contributed by atoms with van der Waals surface area (Å²) >= 11 is 0. The minimum atomic E-state index is -4.81. The Morgan fingerprint density at radius 1 is 1.29 bits per heavy atom. The Hall–Kier alpha value is -1.67. The maximum absolute atomic E-state index is 13.1. The van der Waals surface area contributed by atoms with E-state index < -0.39 is 35.1 Å². The lowest BCUT2D eigenvalue weighted by Crippen LogP contribution is -2.47. The maximum Gasteiger partial charge on any atom is 0.416 e. The Bertz CT molecular complexity index is 527. The fourth-order valence-corrected chi connectivity index (χ4v) is 2.44. The van der Waals surface area contributed by atoms with Gasteiger partial charge in [-0.2, -0.15) is 13.2 Å². The van der Waals surface area contributed by atoms with Gasteiger partial charge in [0.25, 0.3) is 0 Å². The number of benzene rings is 1. The Kier molecular flexibility index (Phi) is 4.48. The number of halogens is 4. The van der Waals surface area contributed by atoms with Crippen LogP contribution in [-0.2, 0) is 11.0 Å². The minimum absolute atomic E-state index is 0.311. The number of piperazine rings is 1. The van der Waals surface area contributed by atoms with Crippen LogP contribution in [0.2, 0.25) is 0 Å². The molecular formula is C13H14F4N2O2. The molecule has 1 saturated heterocycles. The first-order valence-electron chi connectivity index (χ1n) is 6.35. The summed E-state index contributed by atoms with van der Waals surface area (Å²) in [5.41, 5.74) is -1.67. The van der Waals surface area contributed by atoms with Crippen LogP contribution >= 0.6 is 0 Å². The maximum atomic E-state index is 13.1. The number of carboxylic acid groups (broad SMARTS) is 1. The van der Waals surface area contributed by atoms with Gasteiger partial charge in [-0.1, -0.05) is 6.07 Å². The Labute approximate surface area is 118 Å². The molecule has 21 heavy (non-hydrogen) atoms. The average molecular weight is 306 g/mol. The summed E-state index contributed by atoms with van der Waals surface area (Å²) in [6.07, 6.45) is -4.81. The van der Waals surface area contributed by atoms with Gasteiger partial charge in [-0.25, -0.2) is 4.39 Å². The summed E-state index contributed by atoms with van der Waals surface area (Å²) in [5.74, 6) is -2.43. The van der Waals surface area contributed by atoms with E-state index >= 15 is 0 Å². The summed E-state index contributed by atoms with van der Waals surface area (Å²) in [7, 11) is 0. The molecule has 0 aromatic heterocycles. The van der Waals surface area contributed by atoms with Crippen molar-refractivity contribution in [1.29, 1.82) is 0 Å². The van der Waals surface area contributed by atoms with E-state index in [1.165, 1.54) is 4.90 Å². The standard InChI is InChI=1S/C13H14F4N2O2/c14-8-1-2-9(10(7-8)13(15,16)17)11(12(20)21)19-5-3-18-4-6-19/h1-2,7,11,18H,3-6H2,(H,20,21). The lowest BCUT2D eigenvalue weighted by molar-refractivity contribution is -0.146. The molecule has 1 atom stereocenters. The van der Waals surface area contributed by atoms with Crippen molar-refractivity contribution >= 4 is 5.97 Å². The third-order valence-corrected chi connectivity index (χ3v) is 3.37. The van der Waals surface area contributed by atoms with Gasteiger partial charge < -0.3 is 10.4 Å². The molecule has 0 aliphatic carbocycles. The molecule has 2 rings (SSSR count). The highest BCUT2D eigenvalue weighted by molar-refractivity contribution is 5.76. The first-order chi connectivity index (χ1) is 9.80. The minimum Gasteiger partial charge on any atom is -0.480 e. The van der Waals surface area contributed by atoms with Crippen molar-refractivity contribution in [2.75, 3.05) is 26.2 Å². The van der Waals surface area contributed by atoms with Crippen LogP contribution in [0.15, 0.2) is 18.2 Å². The van der Waals surface area contributed by atoms with E-state index in [9.17, 15) is 27.5 Å². The second kappa shape index (κ2) is 5.98. The molecule has 0 bridgehead atoms. The van der Waals surface area contributed by atoms with E-state index in [0.717, 1.165) is 12.1 Å². The molecule has 1 aliphatic heterocycles. The summed E-state index contributed by atoms with van der Waals surface area (Å²) in [6.45, 7) is 1.61. The van der Waals surface area contributed by atoms with Gasteiger partial charge >= 0.3 is 12.1 Å². The number of carbonyl (C=O) groups is 1. The van der Waals surface area contributed by atoms with Crippen LogP contribution < -0.4 is 5.32 Å². The number of hydrogen-bond acceptors (Lipinski definition) is 3. The van der Waals surface area contributed by atoms with Crippen LogP contribution in [-0.4, -0.2) is 42.2 Å². The fourth-order valence-electron chi connectivity index (χ4n) is 2.44. The molecule has 0 amide bonds. The van der Waals surface area contributed by atoms with Gasteiger partial charge in [-0.15, -0.1) is 0 Å². The Morgan fingerprint density at radius 2 is 1.90 bits per heavy atom. The molecule has 8 heteroatoms. The molecule has 0 saturated carbocycles. The highest BCUT2D eigenvalue weighted by Gasteiger charge is 2.39. The quantitative estimate of drug-likeness (QED) is 0.837. The smallest absolute Gasteiger partial charge is 0.416 e. The molecule has 1 aromatic carbocycles. The normalized spacial score (nSPS) is 18.5. The van der Waals surface area contributed by atoms with Gasteiger partial charge in [0, 0.05) is 26.2 Å². The summed E-state index contributed by atoms with van der Waals surface area (Å²) in [5, 5.41) is 12.3. The molecule has 116 valence electrons. The van der Waals surface area contributed by atoms with Crippen molar-refractivity contribution in [2.45, 2.75) is 12.2 Å². The number of nitrogens with zero attached hydrogens (tertiary/aromatic N) is 1. The third kappa shape index (κ3) is 3.51. The van der Waals surface area contributed by atoms with Crippen molar-refractivity contribution in [3.05, 3.63) is 35.1 Å². The fraction of sp³-hybridized carbons (Fsp3) is 0.462. The van der Waals surface area contributed by atoms with Crippen molar-refractivity contribution in [1.82, 2.24) is 10.2 Å². The van der Waals surface area contributed by atoms with E-state index in [2.05, 4.69) is 5.32 Å². The average Bonchev–Trinajstić information content (AvgIpc) is 2.40. The van der Waals surface area contributed by atoms with Gasteiger partial charge in [0.05, 0.1) is 5.56 Å². The summed E-state index contributed by atoms with van der Waals surface area (Å²) < 4.78 is 52.2. The zero-order valence-corrected chi connectivity index (χ0v) is 11.0. The molecule has 1 heterocycles. The number of alkyl halides is 3. The lowest BCUT2D eigenvalue weighted by Gasteiger charge is -2.33. The largest absolute Gasteiger partial charge is 0.480 e. The van der Waals surface area contributed by atoms with Crippen LogP contribution in [0.3, 0.4) is 0 Å². The Balaban J connectivity index is 2.47. The third-order valence-electron chi connectivity index (χ3n) is 3.37. The number of rotatable bonds is 3. The predicted octanol–water partition coefficient (Wildman–Crippen LogP) is 1.88. The van der Waals surface area contributed by atoms with Gasteiger partial charge in [-0.3, -0.25) is 9.69 Å². The second-order valence-electron chi connectivity index (χ2n) is 4.76. The molecule has 1 aliphatic rings. The first-order valence-corrected chi connectivity index (χ1v) is 6.35. The van der Waals surface area contributed by atoms with Crippen LogP contribution in [0, 0.1) is 5.82 Å². The van der Waals surface area contributed by atoms with Crippen LogP contribution in [0.4, 0.5) is 17.6 Å². The van der Waals surface area contributed by atoms with E-state index in [-0.39, 0.29) is 0 Å². The van der Waals surface area contributed by atoms with E-state index in [1.807, 2.05) is 0 Å². The second-order valence-corrected chi connectivity index (χ2v) is 4.76. The number of aliphatic carboxylic acids is 1. The predicted molar refractivity (Wildman–Crippen MR) is 66.2 cm³/mol. The van der Waals surface area contributed by atoms with Crippen molar-refractivity contribution in [2.24, 2.45) is 0 Å². The number of nitrogens with one attached hydrogen (secondary N) is 1. The zero-order valence-electron chi connectivity index (χ0n) is 11.0. The van der Waals surface area contributed by atoms with Crippen LogP contribution in [0.5, 0.6) is 0 Å². The highest BCUT2D eigenvalue weighted by Crippen LogP contribution is 2.37. The topological polar surface area (TPSA) is 52.6 Å². The van der Waals surface area contributed by atoms with Gasteiger partial charge in [0.15, 0.2) is 0 Å². The van der Waals surface area contributed by atoms with Crippen LogP contribution in [0.1, 0.15) is 17.2 Å². The Morgan fingerprint density at radius 3 is 2.43 bits per heavy atom. The SMILES string of the molecule is O=C(O)C(c1ccc(F)cc1C(F)(F)F)N1CCNCC1. The zero-order chi connectivity index (χ0) is 15.6. The van der Waals surface area contributed by atoms with Crippen molar-refractivity contribution < 1.29 is 27.5 Å². The molecule has 0 radical (unpaired) electrons. The number of carboxylic acids is 1. The summed E-state index contributed by atoms with van der Waals surface area (Å²) in [4.78, 5) is 12.9. The van der Waals surface area contributed by atoms with Crippen molar-refractivity contribution in [3.63, 3.8) is 0 Å². The molecule has 1 aromatic rings. The molecule has 1 unspecified atom stereocenters.